The monoisotopic (exact) mass is 240 g/mol. The van der Waals surface area contributed by atoms with E-state index < -0.39 is 0 Å². The Morgan fingerprint density at radius 3 is 2.71 bits per heavy atom. The molecule has 1 saturated heterocycles. The van der Waals surface area contributed by atoms with E-state index in [0.29, 0.717) is 11.6 Å². The van der Waals surface area contributed by atoms with E-state index in [0.717, 1.165) is 25.0 Å². The number of nitrogens with zero attached hydrogens (tertiary/aromatic N) is 1. The van der Waals surface area contributed by atoms with E-state index in [1.54, 1.807) is 0 Å². The number of rotatable bonds is 5. The fourth-order valence-electron chi connectivity index (χ4n) is 2.89. The highest BCUT2D eigenvalue weighted by Gasteiger charge is 2.42. The van der Waals surface area contributed by atoms with E-state index >= 15 is 0 Å². The van der Waals surface area contributed by atoms with Crippen molar-refractivity contribution in [2.75, 3.05) is 26.7 Å². The summed E-state index contributed by atoms with van der Waals surface area (Å²) in [6.07, 6.45) is 4.39. The molecule has 0 aromatic carbocycles. The van der Waals surface area contributed by atoms with E-state index in [4.69, 9.17) is 4.74 Å². The average molecular weight is 240 g/mol. The third-order valence-corrected chi connectivity index (χ3v) is 4.60. The zero-order valence-electron chi connectivity index (χ0n) is 11.8. The van der Waals surface area contributed by atoms with Gasteiger partial charge in [-0.3, -0.25) is 4.90 Å². The summed E-state index contributed by atoms with van der Waals surface area (Å²) >= 11 is 0. The van der Waals surface area contributed by atoms with Crippen LogP contribution in [0.5, 0.6) is 0 Å². The van der Waals surface area contributed by atoms with Gasteiger partial charge in [-0.15, -0.1) is 0 Å². The Balaban J connectivity index is 1.99. The molecule has 3 unspecified atom stereocenters. The van der Waals surface area contributed by atoms with Crippen LogP contribution < -0.4 is 5.32 Å². The van der Waals surface area contributed by atoms with Crippen molar-refractivity contribution in [1.29, 1.82) is 0 Å². The number of methoxy groups -OCH3 is 1. The summed E-state index contributed by atoms with van der Waals surface area (Å²) in [5.74, 6) is 0.938. The smallest absolute Gasteiger partial charge is 0.0670 e. The highest BCUT2D eigenvalue weighted by atomic mass is 16.5. The van der Waals surface area contributed by atoms with Crippen LogP contribution in [0.4, 0.5) is 0 Å². The Labute approximate surface area is 106 Å². The number of ether oxygens (including phenoxy) is 1. The maximum Gasteiger partial charge on any atom is 0.0670 e. The fraction of sp³-hybridized carbons (Fsp3) is 1.00. The third kappa shape index (κ3) is 3.21. The number of nitrogens with one attached hydrogen (secondary N) is 1. The molecule has 0 amide bonds. The van der Waals surface area contributed by atoms with Gasteiger partial charge in [0.2, 0.25) is 0 Å². The topological polar surface area (TPSA) is 24.5 Å². The van der Waals surface area contributed by atoms with Crippen molar-refractivity contribution in [3.63, 3.8) is 0 Å². The molecule has 1 N–H and O–H groups in total. The van der Waals surface area contributed by atoms with Crippen molar-refractivity contribution in [1.82, 2.24) is 10.2 Å². The molecule has 2 rings (SSSR count). The van der Waals surface area contributed by atoms with Crippen LogP contribution >= 0.6 is 0 Å². The first kappa shape index (κ1) is 13.3. The lowest BCUT2D eigenvalue weighted by Gasteiger charge is -2.47. The lowest BCUT2D eigenvalue weighted by atomic mass is 9.92. The lowest BCUT2D eigenvalue weighted by Crippen LogP contribution is -2.64. The maximum absolute atomic E-state index is 5.44. The molecule has 2 aliphatic rings. The van der Waals surface area contributed by atoms with Gasteiger partial charge >= 0.3 is 0 Å². The largest absolute Gasteiger partial charge is 0.380 e. The minimum absolute atomic E-state index is 0.291. The summed E-state index contributed by atoms with van der Waals surface area (Å²) in [7, 11) is 1.82. The SMILES string of the molecule is CCC1(C)CN(CC(C)OC)C(C2CC2)CN1. The highest BCUT2D eigenvalue weighted by molar-refractivity contribution is 5.00. The summed E-state index contributed by atoms with van der Waals surface area (Å²) in [6, 6.07) is 0.743. The quantitative estimate of drug-likeness (QED) is 0.794. The van der Waals surface area contributed by atoms with Crippen LogP contribution in [0.2, 0.25) is 0 Å². The predicted octanol–water partition coefficient (Wildman–Crippen LogP) is 1.87. The second-order valence-corrected chi connectivity index (χ2v) is 6.18. The van der Waals surface area contributed by atoms with Crippen LogP contribution in [0.1, 0.15) is 40.0 Å². The van der Waals surface area contributed by atoms with Crippen molar-refractivity contribution in [3.05, 3.63) is 0 Å². The molecule has 3 atom stereocenters. The molecule has 0 aromatic heterocycles. The molecule has 1 aliphatic heterocycles. The lowest BCUT2D eigenvalue weighted by molar-refractivity contribution is 0.0169. The first-order chi connectivity index (χ1) is 8.08. The van der Waals surface area contributed by atoms with Crippen molar-refractivity contribution >= 4 is 0 Å². The van der Waals surface area contributed by atoms with Crippen molar-refractivity contribution < 1.29 is 4.74 Å². The summed E-state index contributed by atoms with van der Waals surface area (Å²) in [5, 5.41) is 3.76. The van der Waals surface area contributed by atoms with Gasteiger partial charge in [0.15, 0.2) is 0 Å². The van der Waals surface area contributed by atoms with Crippen LogP contribution in [-0.2, 0) is 4.74 Å². The van der Waals surface area contributed by atoms with E-state index in [2.05, 4.69) is 31.0 Å². The minimum Gasteiger partial charge on any atom is -0.380 e. The van der Waals surface area contributed by atoms with E-state index in [1.807, 2.05) is 7.11 Å². The molecule has 0 spiro atoms. The van der Waals surface area contributed by atoms with Gasteiger partial charge in [0.05, 0.1) is 6.10 Å². The zero-order chi connectivity index (χ0) is 12.5. The number of hydrogen-bond acceptors (Lipinski definition) is 3. The molecule has 2 fully saturated rings. The van der Waals surface area contributed by atoms with E-state index in [-0.39, 0.29) is 0 Å². The van der Waals surface area contributed by atoms with Crippen LogP contribution in [0.25, 0.3) is 0 Å². The molecule has 3 nitrogen and oxygen atoms in total. The van der Waals surface area contributed by atoms with Crippen LogP contribution in [0.3, 0.4) is 0 Å². The third-order valence-electron chi connectivity index (χ3n) is 4.60. The van der Waals surface area contributed by atoms with Crippen molar-refractivity contribution in [2.45, 2.75) is 57.7 Å². The van der Waals surface area contributed by atoms with Gasteiger partial charge in [-0.05, 0) is 39.0 Å². The molecule has 3 heteroatoms. The molecular formula is C14H28N2O. The minimum atomic E-state index is 0.291. The first-order valence-electron chi connectivity index (χ1n) is 7.10. The Morgan fingerprint density at radius 1 is 1.47 bits per heavy atom. The summed E-state index contributed by atoms with van der Waals surface area (Å²) in [6.45, 7) is 10.2. The van der Waals surface area contributed by atoms with Gasteiger partial charge in [0.1, 0.15) is 0 Å². The Kier molecular flexibility index (Phi) is 4.11. The van der Waals surface area contributed by atoms with Gasteiger partial charge < -0.3 is 10.1 Å². The molecular weight excluding hydrogens is 212 g/mol. The fourth-order valence-corrected chi connectivity index (χ4v) is 2.89. The number of piperazine rings is 1. The van der Waals surface area contributed by atoms with E-state index in [9.17, 15) is 0 Å². The molecule has 100 valence electrons. The molecule has 1 aliphatic carbocycles. The molecule has 0 aromatic rings. The summed E-state index contributed by atoms with van der Waals surface area (Å²) in [5.41, 5.74) is 0.291. The highest BCUT2D eigenvalue weighted by Crippen LogP contribution is 2.37. The van der Waals surface area contributed by atoms with Gasteiger partial charge in [0, 0.05) is 38.3 Å². The Hall–Kier alpha value is -0.120. The predicted molar refractivity (Wildman–Crippen MR) is 71.3 cm³/mol. The van der Waals surface area contributed by atoms with Crippen molar-refractivity contribution in [3.8, 4) is 0 Å². The normalized spacial score (nSPS) is 37.1. The van der Waals surface area contributed by atoms with E-state index in [1.165, 1.54) is 25.8 Å². The van der Waals surface area contributed by atoms with Gasteiger partial charge in [-0.2, -0.15) is 0 Å². The molecule has 0 radical (unpaired) electrons. The summed E-state index contributed by atoms with van der Waals surface area (Å²) < 4.78 is 5.44. The number of hydrogen-bond donors (Lipinski definition) is 1. The van der Waals surface area contributed by atoms with Gasteiger partial charge in [0.25, 0.3) is 0 Å². The molecule has 17 heavy (non-hydrogen) atoms. The van der Waals surface area contributed by atoms with Crippen LogP contribution in [0, 0.1) is 5.92 Å². The standard InChI is InChI=1S/C14H28N2O/c1-5-14(3)10-16(9-11(2)17-4)13(8-15-14)12-6-7-12/h11-13,15H,5-10H2,1-4H3. The van der Waals surface area contributed by atoms with Crippen molar-refractivity contribution in [2.24, 2.45) is 5.92 Å². The van der Waals surface area contributed by atoms with Gasteiger partial charge in [-0.1, -0.05) is 6.92 Å². The van der Waals surface area contributed by atoms with Gasteiger partial charge in [-0.25, -0.2) is 0 Å². The molecule has 0 bridgehead atoms. The van der Waals surface area contributed by atoms with Crippen LogP contribution in [-0.4, -0.2) is 49.3 Å². The maximum atomic E-state index is 5.44. The Bertz CT molecular complexity index is 255. The molecule has 1 heterocycles. The second-order valence-electron chi connectivity index (χ2n) is 6.18. The Morgan fingerprint density at radius 2 is 2.18 bits per heavy atom. The first-order valence-corrected chi connectivity index (χ1v) is 7.10. The molecule has 1 saturated carbocycles. The van der Waals surface area contributed by atoms with Crippen LogP contribution in [0.15, 0.2) is 0 Å². The average Bonchev–Trinajstić information content (AvgIpc) is 3.13. The summed E-state index contributed by atoms with van der Waals surface area (Å²) in [4.78, 5) is 2.67. The zero-order valence-corrected chi connectivity index (χ0v) is 11.8. The second kappa shape index (κ2) is 5.25.